The van der Waals surface area contributed by atoms with E-state index in [4.69, 9.17) is 21.1 Å². The molecule has 3 aromatic rings. The Kier molecular flexibility index (Phi) is 8.75. The molecule has 0 saturated carbocycles. The van der Waals surface area contributed by atoms with Crippen molar-refractivity contribution in [1.82, 2.24) is 10.4 Å². The maximum absolute atomic E-state index is 12.1. The second kappa shape index (κ2) is 11.7. The molecule has 0 bridgehead atoms. The van der Waals surface area contributed by atoms with Crippen molar-refractivity contribution in [2.24, 2.45) is 5.10 Å². The summed E-state index contributed by atoms with van der Waals surface area (Å²) in [6.45, 7) is 4.92. The van der Waals surface area contributed by atoms with E-state index < -0.39 is 0 Å². The van der Waals surface area contributed by atoms with E-state index in [0.717, 1.165) is 21.2 Å². The number of carbonyl (C=O) groups excluding carboxylic acids is 1. The van der Waals surface area contributed by atoms with Gasteiger partial charge in [-0.15, -0.1) is 11.3 Å². The largest absolute Gasteiger partial charge is 0.490 e. The fourth-order valence-corrected chi connectivity index (χ4v) is 4.32. The number of halogens is 1. The third-order valence-electron chi connectivity index (χ3n) is 3.92. The number of rotatable bonds is 10. The van der Waals surface area contributed by atoms with Crippen LogP contribution in [-0.4, -0.2) is 36.1 Å². The molecule has 0 aliphatic carbocycles. The van der Waals surface area contributed by atoms with Crippen LogP contribution in [0.4, 0.5) is 0 Å². The monoisotopic (exact) mass is 475 g/mol. The number of hydrogen-bond donors (Lipinski definition) is 1. The van der Waals surface area contributed by atoms with Gasteiger partial charge in [0.15, 0.2) is 15.8 Å². The molecule has 2 aromatic carbocycles. The van der Waals surface area contributed by atoms with Gasteiger partial charge in [0.05, 0.1) is 30.9 Å². The Labute approximate surface area is 194 Å². The first-order valence-corrected chi connectivity index (χ1v) is 11.9. The Morgan fingerprint density at radius 3 is 2.65 bits per heavy atom. The van der Waals surface area contributed by atoms with Gasteiger partial charge < -0.3 is 9.47 Å². The highest BCUT2D eigenvalue weighted by atomic mass is 35.5. The number of thioether (sulfide) groups is 1. The van der Waals surface area contributed by atoms with Gasteiger partial charge in [-0.2, -0.15) is 5.10 Å². The van der Waals surface area contributed by atoms with Crippen molar-refractivity contribution in [2.75, 3.05) is 19.0 Å². The van der Waals surface area contributed by atoms with E-state index in [1.807, 2.05) is 61.7 Å². The molecule has 0 spiro atoms. The summed E-state index contributed by atoms with van der Waals surface area (Å²) in [5, 5.41) is 6.68. The first-order chi connectivity index (χ1) is 15.1. The highest BCUT2D eigenvalue weighted by Crippen LogP contribution is 2.29. The zero-order valence-corrected chi connectivity index (χ0v) is 19.5. The zero-order chi connectivity index (χ0) is 22.1. The summed E-state index contributed by atoms with van der Waals surface area (Å²) in [7, 11) is 0. The number of thiazole rings is 1. The van der Waals surface area contributed by atoms with Gasteiger partial charge in [0.25, 0.3) is 5.91 Å². The van der Waals surface area contributed by atoms with E-state index >= 15 is 0 Å². The Morgan fingerprint density at radius 2 is 1.90 bits per heavy atom. The van der Waals surface area contributed by atoms with Crippen molar-refractivity contribution >= 4 is 46.8 Å². The third kappa shape index (κ3) is 6.99. The van der Waals surface area contributed by atoms with Crippen LogP contribution in [0.5, 0.6) is 11.5 Å². The number of hydrazone groups is 1. The van der Waals surface area contributed by atoms with Crippen molar-refractivity contribution in [3.63, 3.8) is 0 Å². The summed E-state index contributed by atoms with van der Waals surface area (Å²) in [5.74, 6) is 1.34. The number of nitrogens with one attached hydrogen (secondary N) is 1. The van der Waals surface area contributed by atoms with E-state index in [-0.39, 0.29) is 11.7 Å². The summed E-state index contributed by atoms with van der Waals surface area (Å²) >= 11 is 8.79. The van der Waals surface area contributed by atoms with Crippen molar-refractivity contribution in [3.05, 3.63) is 58.4 Å². The van der Waals surface area contributed by atoms with Crippen LogP contribution in [0, 0.1) is 0 Å². The molecule has 1 aromatic heterocycles. The molecule has 1 heterocycles. The van der Waals surface area contributed by atoms with Gasteiger partial charge in [-0.05, 0) is 49.7 Å². The van der Waals surface area contributed by atoms with E-state index in [9.17, 15) is 4.79 Å². The first kappa shape index (κ1) is 23.1. The van der Waals surface area contributed by atoms with Crippen LogP contribution in [0.3, 0.4) is 0 Å². The lowest BCUT2D eigenvalue weighted by atomic mass is 10.2. The second-order valence-corrected chi connectivity index (χ2v) is 8.68. The van der Waals surface area contributed by atoms with Crippen LogP contribution < -0.4 is 14.9 Å². The molecule has 0 aliphatic rings. The topological polar surface area (TPSA) is 72.8 Å². The van der Waals surface area contributed by atoms with Gasteiger partial charge in [-0.25, -0.2) is 10.4 Å². The molecule has 31 heavy (non-hydrogen) atoms. The molecular weight excluding hydrogens is 454 g/mol. The highest BCUT2D eigenvalue weighted by Gasteiger charge is 2.08. The van der Waals surface area contributed by atoms with Gasteiger partial charge in [0, 0.05) is 16.0 Å². The minimum Gasteiger partial charge on any atom is -0.490 e. The van der Waals surface area contributed by atoms with Crippen molar-refractivity contribution in [2.45, 2.75) is 18.2 Å². The maximum Gasteiger partial charge on any atom is 0.250 e. The number of amides is 1. The lowest BCUT2D eigenvalue weighted by Gasteiger charge is -2.11. The molecule has 9 heteroatoms. The maximum atomic E-state index is 12.1. The SMILES string of the molecule is CCOc1ccc(/C=N/NC(=O)CSc2nc(-c3ccc(Cl)cc3)cs2)cc1OCC. The van der Waals surface area contributed by atoms with Crippen molar-refractivity contribution < 1.29 is 14.3 Å². The van der Waals surface area contributed by atoms with Crippen molar-refractivity contribution in [1.29, 1.82) is 0 Å². The van der Waals surface area contributed by atoms with Gasteiger partial charge in [-0.1, -0.05) is 35.5 Å². The molecular formula is C22H22ClN3O3S2. The van der Waals surface area contributed by atoms with E-state index in [2.05, 4.69) is 15.5 Å². The van der Waals surface area contributed by atoms with E-state index in [0.29, 0.717) is 29.7 Å². The lowest BCUT2D eigenvalue weighted by molar-refractivity contribution is -0.118. The molecule has 162 valence electrons. The molecule has 0 radical (unpaired) electrons. The molecule has 0 atom stereocenters. The predicted molar refractivity (Wildman–Crippen MR) is 128 cm³/mol. The van der Waals surface area contributed by atoms with Gasteiger partial charge >= 0.3 is 0 Å². The first-order valence-electron chi connectivity index (χ1n) is 9.64. The number of carbonyl (C=O) groups is 1. The molecule has 0 unspecified atom stereocenters. The van der Waals surface area contributed by atoms with Gasteiger partial charge in [0.1, 0.15) is 0 Å². The molecule has 0 fully saturated rings. The smallest absolute Gasteiger partial charge is 0.250 e. The second-order valence-electron chi connectivity index (χ2n) is 6.16. The van der Waals surface area contributed by atoms with Crippen LogP contribution >= 0.6 is 34.7 Å². The van der Waals surface area contributed by atoms with E-state index in [1.165, 1.54) is 23.1 Å². The molecule has 6 nitrogen and oxygen atoms in total. The minimum atomic E-state index is -0.208. The lowest BCUT2D eigenvalue weighted by Crippen LogP contribution is -2.19. The van der Waals surface area contributed by atoms with E-state index in [1.54, 1.807) is 6.21 Å². The molecule has 3 rings (SSSR count). The van der Waals surface area contributed by atoms with Crippen LogP contribution in [0.25, 0.3) is 11.3 Å². The summed E-state index contributed by atoms with van der Waals surface area (Å²) in [6, 6.07) is 13.0. The molecule has 1 N–H and O–H groups in total. The molecule has 1 amide bonds. The number of ether oxygens (including phenoxy) is 2. The normalized spacial score (nSPS) is 10.9. The van der Waals surface area contributed by atoms with Crippen LogP contribution in [0.15, 0.2) is 57.3 Å². The summed E-state index contributed by atoms with van der Waals surface area (Å²) in [5.41, 5.74) is 5.19. The molecule has 0 aliphatic heterocycles. The Balaban J connectivity index is 1.51. The summed E-state index contributed by atoms with van der Waals surface area (Å²) in [4.78, 5) is 16.7. The predicted octanol–water partition coefficient (Wildman–Crippen LogP) is 5.50. The van der Waals surface area contributed by atoms with Gasteiger partial charge in [-0.3, -0.25) is 4.79 Å². The number of aromatic nitrogens is 1. The van der Waals surface area contributed by atoms with Crippen LogP contribution in [0.2, 0.25) is 5.02 Å². The quantitative estimate of drug-likeness (QED) is 0.238. The standard InChI is InChI=1S/C22H22ClN3O3S2/c1-3-28-19-10-5-15(11-20(19)29-4-2)12-24-26-21(27)14-31-22-25-18(13-30-22)16-6-8-17(23)9-7-16/h5-13H,3-4,14H2,1-2H3,(H,26,27)/b24-12+. The van der Waals surface area contributed by atoms with Crippen LogP contribution in [-0.2, 0) is 4.79 Å². The minimum absolute atomic E-state index is 0.208. The average molecular weight is 476 g/mol. The number of benzene rings is 2. The summed E-state index contributed by atoms with van der Waals surface area (Å²) < 4.78 is 12.0. The zero-order valence-electron chi connectivity index (χ0n) is 17.1. The Morgan fingerprint density at radius 1 is 1.16 bits per heavy atom. The number of nitrogens with zero attached hydrogens (tertiary/aromatic N) is 2. The fraction of sp³-hybridized carbons (Fsp3) is 0.227. The fourth-order valence-electron chi connectivity index (χ4n) is 2.56. The van der Waals surface area contributed by atoms with Crippen LogP contribution in [0.1, 0.15) is 19.4 Å². The Bertz CT molecular complexity index is 1040. The molecule has 0 saturated heterocycles. The average Bonchev–Trinajstić information content (AvgIpc) is 3.24. The number of hydrogen-bond acceptors (Lipinski definition) is 7. The third-order valence-corrected chi connectivity index (χ3v) is 6.19. The highest BCUT2D eigenvalue weighted by molar-refractivity contribution is 8.01. The summed E-state index contributed by atoms with van der Waals surface area (Å²) in [6.07, 6.45) is 1.57. The van der Waals surface area contributed by atoms with Crippen molar-refractivity contribution in [3.8, 4) is 22.8 Å². The van der Waals surface area contributed by atoms with Gasteiger partial charge in [0.2, 0.25) is 0 Å². The Hall–Kier alpha value is -2.55.